The van der Waals surface area contributed by atoms with E-state index in [9.17, 15) is 9.70 Å². The first-order valence-electron chi connectivity index (χ1n) is 7.66. The number of halogens is 1. The van der Waals surface area contributed by atoms with Crippen LogP contribution in [-0.2, 0) is 0 Å². The zero-order valence-corrected chi connectivity index (χ0v) is 14.1. The first-order valence-corrected chi connectivity index (χ1v) is 8.04. The molecule has 0 unspecified atom stereocenters. The van der Waals surface area contributed by atoms with Crippen LogP contribution in [0.4, 0.5) is 11.5 Å². The summed E-state index contributed by atoms with van der Waals surface area (Å²) in [6.45, 7) is 0. The predicted octanol–water partition coefficient (Wildman–Crippen LogP) is 4.01. The van der Waals surface area contributed by atoms with Crippen LogP contribution in [0.5, 0.6) is 0 Å². The fourth-order valence-corrected chi connectivity index (χ4v) is 3.18. The second kappa shape index (κ2) is 6.12. The van der Waals surface area contributed by atoms with Crippen molar-refractivity contribution in [1.29, 1.82) is 0 Å². The number of nitrogens with zero attached hydrogens (tertiary/aromatic N) is 3. The lowest BCUT2D eigenvalue weighted by Gasteiger charge is -2.13. The van der Waals surface area contributed by atoms with E-state index < -0.39 is 5.43 Å². The molecule has 0 aliphatic heterocycles. The molecule has 0 saturated heterocycles. The summed E-state index contributed by atoms with van der Waals surface area (Å²) in [6, 6.07) is 10.5. The second-order valence-electron chi connectivity index (χ2n) is 5.68. The fraction of sp³-hybridized carbons (Fsp3) is 0. The molecule has 0 radical (unpaired) electrons. The van der Waals surface area contributed by atoms with Crippen LogP contribution in [0, 0.1) is 4.91 Å². The topological polar surface area (TPSA) is 106 Å². The van der Waals surface area contributed by atoms with Gasteiger partial charge in [0.15, 0.2) is 5.69 Å². The fourth-order valence-electron chi connectivity index (χ4n) is 2.92. The molecule has 0 aliphatic carbocycles. The lowest BCUT2D eigenvalue weighted by molar-refractivity contribution is 1.05. The minimum absolute atomic E-state index is 0.201. The maximum atomic E-state index is 11.7. The standard InChI is InChI=1S/C18H12ClN5O2/c19-13-8-22-18-12(4-5-21-18)17(13)10-2-1-3-11(6-10)24-9-14(23-26)15(25)7-16(24)20/h1-9H,20H2,(H,21,22). The van der Waals surface area contributed by atoms with Gasteiger partial charge in [-0.05, 0) is 28.9 Å². The van der Waals surface area contributed by atoms with E-state index in [0.717, 1.165) is 22.2 Å². The summed E-state index contributed by atoms with van der Waals surface area (Å²) in [5.74, 6) is 0.201. The van der Waals surface area contributed by atoms with Crippen LogP contribution in [0.2, 0.25) is 5.02 Å². The Bertz CT molecular complexity index is 1210. The van der Waals surface area contributed by atoms with Crippen molar-refractivity contribution in [2.75, 3.05) is 5.73 Å². The summed E-state index contributed by atoms with van der Waals surface area (Å²) >= 11 is 6.39. The van der Waals surface area contributed by atoms with Crippen LogP contribution in [0.1, 0.15) is 0 Å². The minimum atomic E-state index is -0.517. The van der Waals surface area contributed by atoms with Gasteiger partial charge in [-0.25, -0.2) is 4.98 Å². The number of pyridine rings is 2. The highest BCUT2D eigenvalue weighted by molar-refractivity contribution is 6.34. The van der Waals surface area contributed by atoms with E-state index in [-0.39, 0.29) is 11.5 Å². The zero-order valence-electron chi connectivity index (χ0n) is 13.3. The first kappa shape index (κ1) is 16.0. The molecule has 1 aromatic carbocycles. The molecule has 4 rings (SSSR count). The molecule has 0 amide bonds. The van der Waals surface area contributed by atoms with Gasteiger partial charge in [-0.2, -0.15) is 0 Å². The Morgan fingerprint density at radius 2 is 2.08 bits per heavy atom. The summed E-state index contributed by atoms with van der Waals surface area (Å²) in [5.41, 5.74) is 8.29. The molecule has 0 fully saturated rings. The number of aromatic amines is 1. The van der Waals surface area contributed by atoms with Gasteiger partial charge in [-0.3, -0.25) is 4.79 Å². The van der Waals surface area contributed by atoms with Crippen molar-refractivity contribution in [1.82, 2.24) is 14.5 Å². The molecule has 8 heteroatoms. The van der Waals surface area contributed by atoms with Gasteiger partial charge in [0, 0.05) is 41.3 Å². The van der Waals surface area contributed by atoms with Gasteiger partial charge in [0.05, 0.1) is 5.02 Å². The lowest BCUT2D eigenvalue weighted by Crippen LogP contribution is -2.10. The van der Waals surface area contributed by atoms with Gasteiger partial charge < -0.3 is 15.3 Å². The van der Waals surface area contributed by atoms with Crippen molar-refractivity contribution in [3.8, 4) is 16.8 Å². The largest absolute Gasteiger partial charge is 0.385 e. The van der Waals surface area contributed by atoms with Crippen molar-refractivity contribution in [2.45, 2.75) is 0 Å². The van der Waals surface area contributed by atoms with Gasteiger partial charge in [0.25, 0.3) is 0 Å². The SMILES string of the molecule is Nc1cc(=O)c(N=O)cn1-c1cccc(-c2c(Cl)cnc3[nH]ccc23)c1. The molecule has 4 aromatic rings. The molecule has 0 aliphatic rings. The number of nitroso groups, excluding NO2 is 1. The third-order valence-electron chi connectivity index (χ3n) is 4.11. The molecular formula is C18H12ClN5O2. The zero-order chi connectivity index (χ0) is 18.3. The number of rotatable bonds is 3. The molecule has 0 spiro atoms. The van der Waals surface area contributed by atoms with Crippen molar-refractivity contribution in [3.05, 3.63) is 75.1 Å². The smallest absolute Gasteiger partial charge is 0.212 e. The predicted molar refractivity (Wildman–Crippen MR) is 102 cm³/mol. The van der Waals surface area contributed by atoms with Crippen LogP contribution < -0.4 is 11.2 Å². The molecule has 3 heterocycles. The van der Waals surface area contributed by atoms with Crippen LogP contribution >= 0.6 is 11.6 Å². The van der Waals surface area contributed by atoms with Gasteiger partial charge in [-0.15, -0.1) is 4.91 Å². The number of benzene rings is 1. The Labute approximate surface area is 152 Å². The van der Waals surface area contributed by atoms with Crippen LogP contribution in [0.3, 0.4) is 0 Å². The van der Waals surface area contributed by atoms with Crippen molar-refractivity contribution >= 4 is 34.1 Å². The summed E-state index contributed by atoms with van der Waals surface area (Å²) in [6.07, 6.45) is 4.71. The number of nitrogen functional groups attached to an aromatic ring is 1. The van der Waals surface area contributed by atoms with E-state index in [0.29, 0.717) is 10.7 Å². The van der Waals surface area contributed by atoms with Crippen LogP contribution in [0.25, 0.3) is 27.8 Å². The lowest BCUT2D eigenvalue weighted by atomic mass is 10.0. The van der Waals surface area contributed by atoms with E-state index >= 15 is 0 Å². The van der Waals surface area contributed by atoms with E-state index in [2.05, 4.69) is 15.1 Å². The van der Waals surface area contributed by atoms with Crippen LogP contribution in [-0.4, -0.2) is 14.5 Å². The second-order valence-corrected chi connectivity index (χ2v) is 6.09. The average molecular weight is 366 g/mol. The maximum Gasteiger partial charge on any atom is 0.212 e. The summed E-state index contributed by atoms with van der Waals surface area (Å²) in [7, 11) is 0. The molecule has 0 saturated carbocycles. The van der Waals surface area contributed by atoms with E-state index in [1.165, 1.54) is 16.8 Å². The number of aromatic nitrogens is 3. The quantitative estimate of drug-likeness (QED) is 0.535. The number of nitrogens with two attached hydrogens (primary N) is 1. The van der Waals surface area contributed by atoms with Gasteiger partial charge >= 0.3 is 0 Å². The highest BCUT2D eigenvalue weighted by atomic mass is 35.5. The highest BCUT2D eigenvalue weighted by Crippen LogP contribution is 2.34. The van der Waals surface area contributed by atoms with E-state index in [4.69, 9.17) is 17.3 Å². The minimum Gasteiger partial charge on any atom is -0.385 e. The monoisotopic (exact) mass is 365 g/mol. The third-order valence-corrected chi connectivity index (χ3v) is 4.40. The Hall–Kier alpha value is -3.45. The molecule has 3 aromatic heterocycles. The Morgan fingerprint density at radius 1 is 1.23 bits per heavy atom. The number of H-pyrrole nitrogens is 1. The molecule has 3 N–H and O–H groups in total. The summed E-state index contributed by atoms with van der Waals surface area (Å²) in [4.78, 5) is 29.8. The van der Waals surface area contributed by atoms with E-state index in [1.54, 1.807) is 12.4 Å². The molecule has 0 atom stereocenters. The van der Waals surface area contributed by atoms with Crippen molar-refractivity contribution in [3.63, 3.8) is 0 Å². The maximum absolute atomic E-state index is 11.7. The third kappa shape index (κ3) is 2.55. The Kier molecular flexibility index (Phi) is 3.78. The van der Waals surface area contributed by atoms with Gasteiger partial charge in [0.2, 0.25) is 5.43 Å². The summed E-state index contributed by atoms with van der Waals surface area (Å²) in [5, 5.41) is 4.15. The molecule has 26 heavy (non-hydrogen) atoms. The summed E-state index contributed by atoms with van der Waals surface area (Å²) < 4.78 is 1.53. The first-order chi connectivity index (χ1) is 12.6. The highest BCUT2D eigenvalue weighted by Gasteiger charge is 2.13. The average Bonchev–Trinajstić information content (AvgIpc) is 3.10. The Morgan fingerprint density at radius 3 is 2.88 bits per heavy atom. The van der Waals surface area contributed by atoms with E-state index in [1.807, 2.05) is 30.3 Å². The van der Waals surface area contributed by atoms with Crippen molar-refractivity contribution < 1.29 is 0 Å². The number of fused-ring (bicyclic) bond motifs is 1. The normalized spacial score (nSPS) is 11.0. The molecular weight excluding hydrogens is 354 g/mol. The van der Waals surface area contributed by atoms with Gasteiger partial charge in [-0.1, -0.05) is 23.7 Å². The number of hydrogen-bond acceptors (Lipinski definition) is 5. The number of anilines is 1. The molecule has 0 bridgehead atoms. The van der Waals surface area contributed by atoms with Crippen molar-refractivity contribution in [2.24, 2.45) is 5.18 Å². The van der Waals surface area contributed by atoms with Gasteiger partial charge in [0.1, 0.15) is 11.5 Å². The number of hydrogen-bond donors (Lipinski definition) is 2. The number of nitrogens with one attached hydrogen (secondary N) is 1. The molecule has 7 nitrogen and oxygen atoms in total. The Balaban J connectivity index is 1.93. The molecule has 128 valence electrons. The van der Waals surface area contributed by atoms with Crippen LogP contribution in [0.15, 0.2) is 65.0 Å².